The van der Waals surface area contributed by atoms with Gasteiger partial charge in [-0.25, -0.2) is 4.79 Å². The Morgan fingerprint density at radius 1 is 1.47 bits per heavy atom. The van der Waals surface area contributed by atoms with Gasteiger partial charge in [0.05, 0.1) is 13.2 Å². The van der Waals surface area contributed by atoms with E-state index in [-0.39, 0.29) is 12.3 Å². The zero-order valence-corrected chi connectivity index (χ0v) is 8.69. The molecular formula is C10H15NO4. The number of carbonyl (C=O) groups is 1. The van der Waals surface area contributed by atoms with E-state index in [1.165, 1.54) is 0 Å². The predicted molar refractivity (Wildman–Crippen MR) is 53.4 cm³/mol. The molecule has 0 bridgehead atoms. The Balaban J connectivity index is 2.33. The second-order valence-electron chi connectivity index (χ2n) is 2.95. The Bertz CT molecular complexity index is 308. The van der Waals surface area contributed by atoms with Crippen molar-refractivity contribution in [3.05, 3.63) is 23.7 Å². The number of furan rings is 1. The van der Waals surface area contributed by atoms with Crippen LogP contribution in [0.5, 0.6) is 0 Å². The van der Waals surface area contributed by atoms with Crippen LogP contribution in [-0.2, 0) is 16.0 Å². The van der Waals surface area contributed by atoms with Crippen molar-refractivity contribution in [2.75, 3.05) is 20.3 Å². The molecule has 5 heteroatoms. The van der Waals surface area contributed by atoms with Crippen molar-refractivity contribution in [3.63, 3.8) is 0 Å². The maximum atomic E-state index is 11.3. The maximum Gasteiger partial charge on any atom is 0.374 e. The van der Waals surface area contributed by atoms with Crippen LogP contribution in [0.4, 0.5) is 0 Å². The molecule has 0 aromatic carbocycles. The lowest BCUT2D eigenvalue weighted by molar-refractivity contribution is 0.0431. The van der Waals surface area contributed by atoms with Crippen molar-refractivity contribution >= 4 is 5.97 Å². The molecule has 0 fully saturated rings. The van der Waals surface area contributed by atoms with E-state index in [1.54, 1.807) is 19.2 Å². The maximum absolute atomic E-state index is 11.3. The van der Waals surface area contributed by atoms with Crippen LogP contribution in [-0.4, -0.2) is 26.3 Å². The van der Waals surface area contributed by atoms with E-state index in [2.05, 4.69) is 0 Å². The minimum Gasteiger partial charge on any atom is -0.460 e. The van der Waals surface area contributed by atoms with Gasteiger partial charge in [-0.15, -0.1) is 0 Å². The Kier molecular flexibility index (Phi) is 4.86. The van der Waals surface area contributed by atoms with Crippen LogP contribution in [0, 0.1) is 0 Å². The Hall–Kier alpha value is -1.33. The fraction of sp³-hybridized carbons (Fsp3) is 0.500. The first-order valence-corrected chi connectivity index (χ1v) is 4.72. The molecule has 0 aliphatic rings. The standard InChI is InChI=1S/C10H15NO4/c1-13-5-2-6-14-10(12)9-4-3-8(7-11)15-9/h3-4H,2,5-7,11H2,1H3. The van der Waals surface area contributed by atoms with Crippen LogP contribution in [0.1, 0.15) is 22.7 Å². The van der Waals surface area contributed by atoms with Crippen molar-refractivity contribution < 1.29 is 18.7 Å². The van der Waals surface area contributed by atoms with E-state index in [4.69, 9.17) is 19.6 Å². The Morgan fingerprint density at radius 3 is 2.87 bits per heavy atom. The number of methoxy groups -OCH3 is 1. The largest absolute Gasteiger partial charge is 0.460 e. The quantitative estimate of drug-likeness (QED) is 0.562. The van der Waals surface area contributed by atoms with Gasteiger partial charge in [0.2, 0.25) is 5.76 Å². The topological polar surface area (TPSA) is 74.7 Å². The third kappa shape index (κ3) is 3.73. The summed E-state index contributed by atoms with van der Waals surface area (Å²) in [5.41, 5.74) is 5.34. The van der Waals surface area contributed by atoms with Crippen LogP contribution in [0.15, 0.2) is 16.5 Å². The molecule has 5 nitrogen and oxygen atoms in total. The number of rotatable bonds is 6. The van der Waals surface area contributed by atoms with E-state index in [0.29, 0.717) is 25.4 Å². The highest BCUT2D eigenvalue weighted by molar-refractivity contribution is 5.86. The van der Waals surface area contributed by atoms with Gasteiger partial charge in [-0.1, -0.05) is 0 Å². The van der Waals surface area contributed by atoms with Gasteiger partial charge < -0.3 is 19.6 Å². The summed E-state index contributed by atoms with van der Waals surface area (Å²) >= 11 is 0. The molecule has 15 heavy (non-hydrogen) atoms. The van der Waals surface area contributed by atoms with E-state index in [9.17, 15) is 4.79 Å². The summed E-state index contributed by atoms with van der Waals surface area (Å²) in [6, 6.07) is 3.21. The number of hydrogen-bond acceptors (Lipinski definition) is 5. The molecule has 1 aromatic rings. The van der Waals surface area contributed by atoms with Gasteiger partial charge in [-0.05, 0) is 12.1 Å². The first-order valence-electron chi connectivity index (χ1n) is 4.72. The van der Waals surface area contributed by atoms with Crippen LogP contribution in [0.2, 0.25) is 0 Å². The van der Waals surface area contributed by atoms with Gasteiger partial charge in [0.15, 0.2) is 0 Å². The molecule has 1 rings (SSSR count). The van der Waals surface area contributed by atoms with Crippen LogP contribution in [0.3, 0.4) is 0 Å². The number of ether oxygens (including phenoxy) is 2. The van der Waals surface area contributed by atoms with Gasteiger partial charge in [0.1, 0.15) is 5.76 Å². The number of hydrogen-bond donors (Lipinski definition) is 1. The molecule has 0 aliphatic carbocycles. The minimum atomic E-state index is -0.467. The summed E-state index contributed by atoms with van der Waals surface area (Å²) in [5.74, 6) is 0.289. The molecule has 1 heterocycles. The molecule has 0 radical (unpaired) electrons. The highest BCUT2D eigenvalue weighted by atomic mass is 16.5. The lowest BCUT2D eigenvalue weighted by atomic mass is 10.4. The summed E-state index contributed by atoms with van der Waals surface area (Å²) in [4.78, 5) is 11.3. The molecule has 0 unspecified atom stereocenters. The molecule has 84 valence electrons. The van der Waals surface area contributed by atoms with Crippen LogP contribution < -0.4 is 5.73 Å². The van der Waals surface area contributed by atoms with Crippen LogP contribution in [0.25, 0.3) is 0 Å². The van der Waals surface area contributed by atoms with Crippen molar-refractivity contribution in [3.8, 4) is 0 Å². The van der Waals surface area contributed by atoms with Gasteiger partial charge in [0.25, 0.3) is 0 Å². The van der Waals surface area contributed by atoms with E-state index >= 15 is 0 Å². The van der Waals surface area contributed by atoms with Crippen molar-refractivity contribution in [1.82, 2.24) is 0 Å². The predicted octanol–water partition coefficient (Wildman–Crippen LogP) is 0.932. The lowest BCUT2D eigenvalue weighted by Crippen LogP contribution is -2.07. The highest BCUT2D eigenvalue weighted by Crippen LogP contribution is 2.08. The summed E-state index contributed by atoms with van der Waals surface area (Å²) in [6.45, 7) is 1.17. The zero-order chi connectivity index (χ0) is 11.1. The molecule has 0 amide bonds. The number of esters is 1. The summed E-state index contributed by atoms with van der Waals surface area (Å²) in [6.07, 6.45) is 0.673. The van der Waals surface area contributed by atoms with E-state index < -0.39 is 5.97 Å². The first kappa shape index (κ1) is 11.7. The minimum absolute atomic E-state index is 0.188. The average molecular weight is 213 g/mol. The third-order valence-corrected chi connectivity index (χ3v) is 1.79. The molecule has 0 atom stereocenters. The smallest absolute Gasteiger partial charge is 0.374 e. The molecular weight excluding hydrogens is 198 g/mol. The SMILES string of the molecule is COCCCOC(=O)c1ccc(CN)o1. The van der Waals surface area contributed by atoms with Gasteiger partial charge in [0, 0.05) is 20.1 Å². The van der Waals surface area contributed by atoms with Gasteiger partial charge in [-0.3, -0.25) is 0 Å². The molecule has 0 aliphatic heterocycles. The summed E-state index contributed by atoms with van der Waals surface area (Å²) in [7, 11) is 1.60. The second kappa shape index (κ2) is 6.21. The normalized spacial score (nSPS) is 10.3. The Labute approximate surface area is 88.1 Å². The molecule has 2 N–H and O–H groups in total. The summed E-state index contributed by atoms with van der Waals surface area (Å²) in [5, 5.41) is 0. The second-order valence-corrected chi connectivity index (χ2v) is 2.95. The highest BCUT2D eigenvalue weighted by Gasteiger charge is 2.11. The monoisotopic (exact) mass is 213 g/mol. The molecule has 0 saturated carbocycles. The van der Waals surface area contributed by atoms with Gasteiger partial charge >= 0.3 is 5.97 Å². The third-order valence-electron chi connectivity index (χ3n) is 1.79. The molecule has 0 spiro atoms. The zero-order valence-electron chi connectivity index (χ0n) is 8.69. The fourth-order valence-corrected chi connectivity index (χ4v) is 1.04. The molecule has 0 saturated heterocycles. The lowest BCUT2D eigenvalue weighted by Gasteiger charge is -2.01. The van der Waals surface area contributed by atoms with Crippen LogP contribution >= 0.6 is 0 Å². The van der Waals surface area contributed by atoms with Crippen molar-refractivity contribution in [2.45, 2.75) is 13.0 Å². The fourth-order valence-electron chi connectivity index (χ4n) is 1.04. The van der Waals surface area contributed by atoms with Crippen molar-refractivity contribution in [1.29, 1.82) is 0 Å². The molecule has 1 aromatic heterocycles. The summed E-state index contributed by atoms with van der Waals surface area (Å²) < 4.78 is 14.9. The van der Waals surface area contributed by atoms with Crippen molar-refractivity contribution in [2.24, 2.45) is 5.73 Å². The average Bonchev–Trinajstić information content (AvgIpc) is 2.72. The van der Waals surface area contributed by atoms with E-state index in [0.717, 1.165) is 0 Å². The Morgan fingerprint density at radius 2 is 2.27 bits per heavy atom. The first-order chi connectivity index (χ1) is 7.27. The van der Waals surface area contributed by atoms with Gasteiger partial charge in [-0.2, -0.15) is 0 Å². The number of carbonyl (C=O) groups excluding carboxylic acids is 1. The number of nitrogens with two attached hydrogens (primary N) is 1. The van der Waals surface area contributed by atoms with E-state index in [1.807, 2.05) is 0 Å².